The second-order valence-corrected chi connectivity index (χ2v) is 4.48. The first-order chi connectivity index (χ1) is 6.79. The Bertz CT molecular complexity index is 224. The van der Waals surface area contributed by atoms with Crippen LogP contribution in [0.3, 0.4) is 0 Å². The summed E-state index contributed by atoms with van der Waals surface area (Å²) < 4.78 is 5.46. The highest BCUT2D eigenvalue weighted by molar-refractivity contribution is 7.13. The predicted molar refractivity (Wildman–Crippen MR) is 60.9 cm³/mol. The molecule has 4 heteroatoms. The lowest BCUT2D eigenvalue weighted by Gasteiger charge is -2.06. The van der Waals surface area contributed by atoms with Gasteiger partial charge in [-0.1, -0.05) is 13.8 Å². The van der Waals surface area contributed by atoms with Crippen molar-refractivity contribution in [3.63, 3.8) is 0 Å². The van der Waals surface area contributed by atoms with Gasteiger partial charge in [-0.3, -0.25) is 0 Å². The van der Waals surface area contributed by atoms with Crippen LogP contribution in [0.2, 0.25) is 0 Å². The molecule has 0 aliphatic carbocycles. The van der Waals surface area contributed by atoms with Crippen molar-refractivity contribution in [2.45, 2.75) is 20.3 Å². The van der Waals surface area contributed by atoms with E-state index in [9.17, 15) is 0 Å². The van der Waals surface area contributed by atoms with Crippen LogP contribution in [0, 0.1) is 5.92 Å². The monoisotopic (exact) mass is 214 g/mol. The van der Waals surface area contributed by atoms with Crippen LogP contribution in [0.25, 0.3) is 0 Å². The van der Waals surface area contributed by atoms with E-state index in [2.05, 4.69) is 24.1 Å². The smallest absolute Gasteiger partial charge is 0.182 e. The van der Waals surface area contributed by atoms with Crippen molar-refractivity contribution in [3.8, 4) is 0 Å². The third-order valence-electron chi connectivity index (χ3n) is 1.63. The molecule has 1 aromatic heterocycles. The molecule has 0 aliphatic rings. The summed E-state index contributed by atoms with van der Waals surface area (Å²) >= 11 is 1.63. The number of hydrogen-bond acceptors (Lipinski definition) is 4. The van der Waals surface area contributed by atoms with E-state index in [1.807, 2.05) is 11.6 Å². The highest BCUT2D eigenvalue weighted by Crippen LogP contribution is 2.09. The first-order valence-electron chi connectivity index (χ1n) is 5.00. The molecular formula is C10H18N2OS. The van der Waals surface area contributed by atoms with Crippen LogP contribution in [0.15, 0.2) is 11.6 Å². The van der Waals surface area contributed by atoms with Crippen molar-refractivity contribution < 1.29 is 4.74 Å². The van der Waals surface area contributed by atoms with E-state index in [-0.39, 0.29) is 0 Å². The lowest BCUT2D eigenvalue weighted by molar-refractivity contribution is 0.110. The zero-order valence-electron chi connectivity index (χ0n) is 8.82. The lowest BCUT2D eigenvalue weighted by Crippen LogP contribution is -2.08. The van der Waals surface area contributed by atoms with Gasteiger partial charge in [0.05, 0.1) is 0 Å². The fraction of sp³-hybridized carbons (Fsp3) is 0.700. The summed E-state index contributed by atoms with van der Waals surface area (Å²) in [5.74, 6) is 0.627. The minimum atomic E-state index is 0.627. The summed E-state index contributed by atoms with van der Waals surface area (Å²) in [6, 6.07) is 0. The maximum absolute atomic E-state index is 5.46. The van der Waals surface area contributed by atoms with Crippen LogP contribution in [0.4, 0.5) is 5.13 Å². The van der Waals surface area contributed by atoms with Crippen molar-refractivity contribution in [2.24, 2.45) is 5.92 Å². The van der Waals surface area contributed by atoms with Crippen molar-refractivity contribution >= 4 is 16.5 Å². The van der Waals surface area contributed by atoms with Crippen LogP contribution < -0.4 is 5.32 Å². The Morgan fingerprint density at radius 2 is 2.43 bits per heavy atom. The number of rotatable bonds is 7. The number of nitrogens with one attached hydrogen (secondary N) is 1. The molecule has 0 bridgehead atoms. The minimum Gasteiger partial charge on any atom is -0.381 e. The number of aromatic nitrogens is 1. The highest BCUT2D eigenvalue weighted by Gasteiger charge is 1.95. The van der Waals surface area contributed by atoms with Gasteiger partial charge in [0.1, 0.15) is 0 Å². The van der Waals surface area contributed by atoms with Crippen molar-refractivity contribution in [1.82, 2.24) is 4.98 Å². The maximum atomic E-state index is 5.46. The Morgan fingerprint density at radius 3 is 3.07 bits per heavy atom. The first kappa shape index (κ1) is 11.5. The van der Waals surface area contributed by atoms with Gasteiger partial charge in [0.2, 0.25) is 0 Å². The predicted octanol–water partition coefficient (Wildman–Crippen LogP) is 2.62. The van der Waals surface area contributed by atoms with Crippen molar-refractivity contribution in [1.29, 1.82) is 0 Å². The van der Waals surface area contributed by atoms with E-state index >= 15 is 0 Å². The van der Waals surface area contributed by atoms with Gasteiger partial charge >= 0.3 is 0 Å². The second kappa shape index (κ2) is 6.79. The molecule has 0 saturated heterocycles. The summed E-state index contributed by atoms with van der Waals surface area (Å²) in [7, 11) is 0. The van der Waals surface area contributed by atoms with Crippen LogP contribution in [-0.2, 0) is 4.74 Å². The summed E-state index contributed by atoms with van der Waals surface area (Å²) in [5.41, 5.74) is 0. The molecule has 80 valence electrons. The molecule has 0 atom stereocenters. The second-order valence-electron chi connectivity index (χ2n) is 3.59. The zero-order chi connectivity index (χ0) is 10.2. The van der Waals surface area contributed by atoms with Crippen LogP contribution in [0.5, 0.6) is 0 Å². The molecule has 0 saturated carbocycles. The van der Waals surface area contributed by atoms with Gasteiger partial charge in [-0.05, 0) is 12.3 Å². The van der Waals surface area contributed by atoms with Gasteiger partial charge in [-0.25, -0.2) is 4.98 Å². The quantitative estimate of drug-likeness (QED) is 0.708. The molecule has 0 spiro atoms. The average molecular weight is 214 g/mol. The molecule has 1 heterocycles. The molecule has 0 aliphatic heterocycles. The molecule has 0 radical (unpaired) electrons. The summed E-state index contributed by atoms with van der Waals surface area (Å²) in [6.07, 6.45) is 2.84. The third-order valence-corrected chi connectivity index (χ3v) is 2.36. The van der Waals surface area contributed by atoms with E-state index < -0.39 is 0 Å². The molecule has 0 fully saturated rings. The normalized spacial score (nSPS) is 10.8. The maximum Gasteiger partial charge on any atom is 0.182 e. The standard InChI is InChI=1S/C10H18N2OS/c1-9(2)8-13-6-3-4-11-10-12-5-7-14-10/h5,7,9H,3-4,6,8H2,1-2H3,(H,11,12). The molecule has 1 aromatic rings. The Morgan fingerprint density at radius 1 is 1.57 bits per heavy atom. The Labute approximate surface area is 89.5 Å². The number of ether oxygens (including phenoxy) is 1. The zero-order valence-corrected chi connectivity index (χ0v) is 9.64. The molecule has 0 amide bonds. The molecule has 0 unspecified atom stereocenters. The van der Waals surface area contributed by atoms with Gasteiger partial charge in [-0.15, -0.1) is 11.3 Å². The fourth-order valence-corrected chi connectivity index (χ4v) is 1.56. The number of hydrogen-bond donors (Lipinski definition) is 1. The van der Waals surface area contributed by atoms with Gasteiger partial charge < -0.3 is 10.1 Å². The Hall–Kier alpha value is -0.610. The number of thiazole rings is 1. The molecule has 14 heavy (non-hydrogen) atoms. The lowest BCUT2D eigenvalue weighted by atomic mass is 10.2. The fourth-order valence-electron chi connectivity index (χ4n) is 0.999. The number of nitrogens with zero attached hydrogens (tertiary/aromatic N) is 1. The van der Waals surface area contributed by atoms with Crippen LogP contribution in [-0.4, -0.2) is 24.7 Å². The van der Waals surface area contributed by atoms with Gasteiger partial charge in [0, 0.05) is 31.3 Å². The molecule has 1 rings (SSSR count). The molecule has 3 nitrogen and oxygen atoms in total. The van der Waals surface area contributed by atoms with E-state index in [0.717, 1.165) is 31.3 Å². The molecule has 0 aromatic carbocycles. The van der Waals surface area contributed by atoms with E-state index in [1.165, 1.54) is 0 Å². The topological polar surface area (TPSA) is 34.1 Å². The van der Waals surface area contributed by atoms with Crippen LogP contribution >= 0.6 is 11.3 Å². The first-order valence-corrected chi connectivity index (χ1v) is 5.88. The Kier molecular flexibility index (Phi) is 5.56. The van der Waals surface area contributed by atoms with Crippen molar-refractivity contribution in [2.75, 3.05) is 25.1 Å². The summed E-state index contributed by atoms with van der Waals surface area (Å²) in [6.45, 7) is 6.95. The largest absolute Gasteiger partial charge is 0.381 e. The SMILES string of the molecule is CC(C)COCCCNc1nccs1. The third kappa shape index (κ3) is 5.19. The van der Waals surface area contributed by atoms with Gasteiger partial charge in [0.15, 0.2) is 5.13 Å². The van der Waals surface area contributed by atoms with E-state index in [0.29, 0.717) is 5.92 Å². The van der Waals surface area contributed by atoms with Gasteiger partial charge in [-0.2, -0.15) is 0 Å². The summed E-state index contributed by atoms with van der Waals surface area (Å²) in [5, 5.41) is 6.20. The Balaban J connectivity index is 1.90. The van der Waals surface area contributed by atoms with Gasteiger partial charge in [0.25, 0.3) is 0 Å². The average Bonchev–Trinajstić information content (AvgIpc) is 2.63. The summed E-state index contributed by atoms with van der Waals surface area (Å²) in [4.78, 5) is 4.13. The highest BCUT2D eigenvalue weighted by atomic mass is 32.1. The minimum absolute atomic E-state index is 0.627. The molecular weight excluding hydrogens is 196 g/mol. The van der Waals surface area contributed by atoms with Crippen molar-refractivity contribution in [3.05, 3.63) is 11.6 Å². The van der Waals surface area contributed by atoms with E-state index in [1.54, 1.807) is 11.3 Å². The van der Waals surface area contributed by atoms with Crippen LogP contribution in [0.1, 0.15) is 20.3 Å². The number of anilines is 1. The van der Waals surface area contributed by atoms with E-state index in [4.69, 9.17) is 4.74 Å². The molecule has 1 N–H and O–H groups in total.